The van der Waals surface area contributed by atoms with Gasteiger partial charge >= 0.3 is 0 Å². The Morgan fingerprint density at radius 3 is 1.10 bits per heavy atom. The lowest BCUT2D eigenvalue weighted by Crippen LogP contribution is -2.33. The first kappa shape index (κ1) is 29.9. The van der Waals surface area contributed by atoms with Gasteiger partial charge in [-0.1, -0.05) is 55.4 Å². The fraction of sp³-hybridized carbons (Fsp3) is 0.500. The molecular weight excluding hydrogens is 520 g/mol. The summed E-state index contributed by atoms with van der Waals surface area (Å²) in [6, 6.07) is 8.11. The molecule has 0 spiro atoms. The van der Waals surface area contributed by atoms with E-state index in [1.165, 1.54) is 22.3 Å². The second-order valence-electron chi connectivity index (χ2n) is 11.8. The van der Waals surface area contributed by atoms with Crippen molar-refractivity contribution in [2.45, 2.75) is 118 Å². The van der Waals surface area contributed by atoms with E-state index in [0.717, 1.165) is 59.1 Å². The van der Waals surface area contributed by atoms with Gasteiger partial charge in [0.2, 0.25) is 0 Å². The number of H-pyrrole nitrogens is 2. The molecule has 222 valence electrons. The van der Waals surface area contributed by atoms with Crippen LogP contribution in [0.4, 0.5) is 0 Å². The van der Waals surface area contributed by atoms with Crippen molar-refractivity contribution in [2.24, 2.45) is 0 Å². The number of ketones is 2. The van der Waals surface area contributed by atoms with Crippen LogP contribution in [0.5, 0.6) is 0 Å². The average Bonchev–Trinajstić information content (AvgIpc) is 3.67. The largest absolute Gasteiger partial charge is 0.355 e. The third-order valence-electron chi connectivity index (χ3n) is 10.3. The average molecular weight is 567 g/mol. The molecule has 2 aliphatic heterocycles. The lowest BCUT2D eigenvalue weighted by molar-refractivity contribution is 0.0883. The Kier molecular flexibility index (Phi) is 8.04. The highest BCUT2D eigenvalue weighted by molar-refractivity contribution is 6.07. The first-order chi connectivity index (χ1) is 20.2. The predicted molar refractivity (Wildman–Crippen MR) is 172 cm³/mol. The minimum absolute atomic E-state index is 0.0528. The summed E-state index contributed by atoms with van der Waals surface area (Å²) in [5.74, 6) is 0.106. The van der Waals surface area contributed by atoms with Crippen molar-refractivity contribution in [2.75, 3.05) is 0 Å². The Labute approximate surface area is 249 Å². The lowest BCUT2D eigenvalue weighted by Gasteiger charge is -2.26. The summed E-state index contributed by atoms with van der Waals surface area (Å²) in [5, 5.41) is 0. The van der Waals surface area contributed by atoms with Crippen LogP contribution in [-0.2, 0) is 36.5 Å². The first-order valence-electron chi connectivity index (χ1n) is 16.1. The molecule has 42 heavy (non-hydrogen) atoms. The van der Waals surface area contributed by atoms with Crippen LogP contribution in [0.25, 0.3) is 22.1 Å². The van der Waals surface area contributed by atoms with Crippen molar-refractivity contribution in [3.63, 3.8) is 0 Å². The van der Waals surface area contributed by atoms with Crippen molar-refractivity contribution in [1.29, 1.82) is 0 Å². The summed E-state index contributed by atoms with van der Waals surface area (Å²) in [5.41, 5.74) is 9.95. The number of fused-ring (bicyclic) bond motifs is 8. The van der Waals surface area contributed by atoms with E-state index in [1.54, 1.807) is 0 Å². The van der Waals surface area contributed by atoms with E-state index in [0.29, 0.717) is 37.1 Å². The minimum Gasteiger partial charge on any atom is -0.355 e. The fourth-order valence-electron chi connectivity index (χ4n) is 7.60. The lowest BCUT2D eigenvalue weighted by atomic mass is 9.73. The van der Waals surface area contributed by atoms with E-state index in [1.807, 2.05) is 18.2 Å². The first-order valence-corrected chi connectivity index (χ1v) is 16.1. The molecule has 0 unspecified atom stereocenters. The van der Waals surface area contributed by atoms with Crippen LogP contribution < -0.4 is 0 Å². The van der Waals surface area contributed by atoms with E-state index in [-0.39, 0.29) is 11.6 Å². The van der Waals surface area contributed by atoms with E-state index in [2.05, 4.69) is 71.4 Å². The third kappa shape index (κ3) is 4.20. The second kappa shape index (κ2) is 11.3. The SMILES string of the molecule is CCc1c(CC)c2cc3[nH]c(cc4nc(cc5nc(cc1[nH]2)C(=O)C5(CC)CC)C(CC)(CC)C4=O)c(CC)c3CC. The summed E-state index contributed by atoms with van der Waals surface area (Å²) >= 11 is 0. The van der Waals surface area contributed by atoms with Gasteiger partial charge in [-0.3, -0.25) is 9.59 Å². The molecule has 0 fully saturated rings. The number of aryl methyl sites for hydroxylation is 4. The third-order valence-corrected chi connectivity index (χ3v) is 10.3. The smallest absolute Gasteiger partial charge is 0.193 e. The summed E-state index contributed by atoms with van der Waals surface area (Å²) in [7, 11) is 0. The Balaban J connectivity index is 2.05. The maximum absolute atomic E-state index is 14.1. The fourth-order valence-corrected chi connectivity index (χ4v) is 7.60. The molecule has 2 N–H and O–H groups in total. The Bertz CT molecular complexity index is 1590. The number of hydrogen-bond donors (Lipinski definition) is 2. The van der Waals surface area contributed by atoms with Crippen LogP contribution in [-0.4, -0.2) is 31.5 Å². The van der Waals surface area contributed by atoms with Gasteiger partial charge in [-0.05, 0) is 97.9 Å². The zero-order chi connectivity index (χ0) is 30.4. The molecule has 6 heteroatoms. The van der Waals surface area contributed by atoms with E-state index >= 15 is 0 Å². The number of aromatic amines is 2. The quantitative estimate of drug-likeness (QED) is 0.286. The van der Waals surface area contributed by atoms with E-state index < -0.39 is 10.8 Å². The zero-order valence-electron chi connectivity index (χ0n) is 26.7. The molecule has 0 aromatic carbocycles. The molecule has 5 heterocycles. The number of hydrogen-bond acceptors (Lipinski definition) is 4. The highest BCUT2D eigenvalue weighted by Gasteiger charge is 2.47. The molecule has 3 aromatic heterocycles. The molecule has 6 nitrogen and oxygen atoms in total. The van der Waals surface area contributed by atoms with Crippen LogP contribution in [0.1, 0.15) is 136 Å². The number of Topliss-reactive ketones (excluding diaryl/α,β-unsaturated/α-hetero) is 2. The Morgan fingerprint density at radius 2 is 0.810 bits per heavy atom. The van der Waals surface area contributed by atoms with Gasteiger partial charge in [-0.2, -0.15) is 0 Å². The minimum atomic E-state index is -0.730. The van der Waals surface area contributed by atoms with Crippen molar-refractivity contribution in [3.8, 4) is 0 Å². The van der Waals surface area contributed by atoms with Crippen molar-refractivity contribution >= 4 is 33.6 Å². The molecule has 8 bridgehead atoms. The second-order valence-corrected chi connectivity index (χ2v) is 11.8. The number of carbonyl (C=O) groups excluding carboxylic acids is 2. The summed E-state index contributed by atoms with van der Waals surface area (Å²) in [4.78, 5) is 45.7. The number of rotatable bonds is 8. The van der Waals surface area contributed by atoms with Crippen LogP contribution >= 0.6 is 0 Å². The highest BCUT2D eigenvalue weighted by atomic mass is 16.1. The van der Waals surface area contributed by atoms with Gasteiger partial charge in [0.05, 0.1) is 22.2 Å². The number of nitrogens with one attached hydrogen (secondary N) is 2. The summed E-state index contributed by atoms with van der Waals surface area (Å²) in [6.07, 6.45) is 6.01. The monoisotopic (exact) mass is 566 g/mol. The predicted octanol–water partition coefficient (Wildman–Crippen LogP) is 8.45. The van der Waals surface area contributed by atoms with E-state index in [9.17, 15) is 9.59 Å². The molecule has 0 amide bonds. The molecular formula is C36H46N4O2. The Hall–Kier alpha value is -3.54. The molecule has 0 aliphatic carbocycles. The van der Waals surface area contributed by atoms with Crippen LogP contribution in [0.2, 0.25) is 0 Å². The molecule has 3 aromatic rings. The number of nitrogens with zero attached hydrogens (tertiary/aromatic N) is 2. The van der Waals surface area contributed by atoms with E-state index in [4.69, 9.17) is 9.97 Å². The normalized spacial score (nSPS) is 15.9. The standard InChI is InChI=1S/C36H46N4O2/c1-9-21-23(11-3)27-18-29-33(41)35(13-5,14-6)31(39-29)20-32-36(15-7,16-8)34(42)30(40-32)19-28-24(12-4)22(10-2)26(38-28)17-25(21)37-27/h17-20,37-38H,9-16H2,1-8H3. The van der Waals surface area contributed by atoms with Gasteiger partial charge in [0.15, 0.2) is 11.6 Å². The maximum atomic E-state index is 14.1. The number of aromatic nitrogens is 4. The van der Waals surface area contributed by atoms with Gasteiger partial charge in [0.1, 0.15) is 11.4 Å². The van der Waals surface area contributed by atoms with Crippen LogP contribution in [0.3, 0.4) is 0 Å². The van der Waals surface area contributed by atoms with Gasteiger partial charge in [0, 0.05) is 22.1 Å². The van der Waals surface area contributed by atoms with Crippen LogP contribution in [0, 0.1) is 0 Å². The summed E-state index contributed by atoms with van der Waals surface area (Å²) in [6.45, 7) is 16.9. The molecule has 0 atom stereocenters. The molecule has 0 saturated heterocycles. The van der Waals surface area contributed by atoms with Gasteiger partial charge in [-0.25, -0.2) is 9.97 Å². The van der Waals surface area contributed by atoms with Gasteiger partial charge in [0.25, 0.3) is 0 Å². The molecule has 2 aliphatic rings. The van der Waals surface area contributed by atoms with Gasteiger partial charge < -0.3 is 9.97 Å². The summed E-state index contributed by atoms with van der Waals surface area (Å²) < 4.78 is 0. The number of carbonyl (C=O) groups is 2. The molecule has 0 saturated carbocycles. The Morgan fingerprint density at radius 1 is 0.500 bits per heavy atom. The van der Waals surface area contributed by atoms with Crippen molar-refractivity contribution in [3.05, 3.63) is 69.3 Å². The van der Waals surface area contributed by atoms with Gasteiger partial charge in [-0.15, -0.1) is 0 Å². The van der Waals surface area contributed by atoms with Crippen molar-refractivity contribution < 1.29 is 9.59 Å². The highest BCUT2D eigenvalue weighted by Crippen LogP contribution is 2.42. The molecule has 5 rings (SSSR count). The van der Waals surface area contributed by atoms with Crippen molar-refractivity contribution in [1.82, 2.24) is 19.9 Å². The van der Waals surface area contributed by atoms with Crippen LogP contribution in [0.15, 0.2) is 24.3 Å². The maximum Gasteiger partial charge on any atom is 0.193 e. The zero-order valence-corrected chi connectivity index (χ0v) is 26.7. The topological polar surface area (TPSA) is 91.5 Å². The molecule has 0 radical (unpaired) electrons.